The second kappa shape index (κ2) is 8.32. The summed E-state index contributed by atoms with van der Waals surface area (Å²) in [6, 6.07) is 11.0. The van der Waals surface area contributed by atoms with Crippen molar-refractivity contribution < 1.29 is 22.7 Å². The van der Waals surface area contributed by atoms with E-state index in [1.165, 1.54) is 38.4 Å². The van der Waals surface area contributed by atoms with Crippen molar-refractivity contribution in [1.82, 2.24) is 4.31 Å². The van der Waals surface area contributed by atoms with Crippen LogP contribution in [0.4, 0.5) is 5.69 Å². The number of sulfonamides is 1. The summed E-state index contributed by atoms with van der Waals surface area (Å²) in [5.41, 5.74) is 2.67. The van der Waals surface area contributed by atoms with Crippen LogP contribution < -0.4 is 5.32 Å². The minimum absolute atomic E-state index is 0.0665. The zero-order chi connectivity index (χ0) is 20.2. The lowest BCUT2D eigenvalue weighted by atomic mass is 10.1. The van der Waals surface area contributed by atoms with Crippen LogP contribution in [0, 0.1) is 13.8 Å². The van der Waals surface area contributed by atoms with Crippen LogP contribution in [0.15, 0.2) is 47.4 Å². The standard InChI is InChI=1S/C19H22N2O5S/c1-13-6-5-7-14(2)18(13)20-17(22)12-26-19(23)15-8-10-16(11-9-15)27(24,25)21(3)4/h5-11H,12H2,1-4H3,(H,20,22). The van der Waals surface area contributed by atoms with Crippen LogP contribution in [0.3, 0.4) is 0 Å². The highest BCUT2D eigenvalue weighted by Gasteiger charge is 2.18. The Kier molecular flexibility index (Phi) is 6.35. The summed E-state index contributed by atoms with van der Waals surface area (Å²) in [6.45, 7) is 3.31. The molecule has 0 aromatic heterocycles. The van der Waals surface area contributed by atoms with E-state index in [2.05, 4.69) is 5.32 Å². The summed E-state index contributed by atoms with van der Waals surface area (Å²) in [5.74, 6) is -1.16. The van der Waals surface area contributed by atoms with Gasteiger partial charge in [-0.25, -0.2) is 17.5 Å². The fourth-order valence-electron chi connectivity index (χ4n) is 2.38. The third kappa shape index (κ3) is 4.93. The zero-order valence-electron chi connectivity index (χ0n) is 15.6. The molecule has 2 rings (SSSR count). The van der Waals surface area contributed by atoms with Crippen molar-refractivity contribution in [2.24, 2.45) is 0 Å². The van der Waals surface area contributed by atoms with Crippen molar-refractivity contribution in [2.75, 3.05) is 26.0 Å². The first-order valence-electron chi connectivity index (χ1n) is 8.18. The number of para-hydroxylation sites is 1. The Morgan fingerprint density at radius 3 is 2.07 bits per heavy atom. The van der Waals surface area contributed by atoms with Crippen LogP contribution in [-0.4, -0.2) is 45.3 Å². The monoisotopic (exact) mass is 390 g/mol. The molecule has 0 heterocycles. The van der Waals surface area contributed by atoms with Gasteiger partial charge in [0.15, 0.2) is 6.61 Å². The van der Waals surface area contributed by atoms with Gasteiger partial charge in [0.05, 0.1) is 10.5 Å². The Morgan fingerprint density at radius 2 is 1.56 bits per heavy atom. The topological polar surface area (TPSA) is 92.8 Å². The van der Waals surface area contributed by atoms with Crippen molar-refractivity contribution in [3.8, 4) is 0 Å². The van der Waals surface area contributed by atoms with Crippen LogP contribution in [0.25, 0.3) is 0 Å². The van der Waals surface area contributed by atoms with Gasteiger partial charge in [0.1, 0.15) is 0 Å². The third-order valence-electron chi connectivity index (χ3n) is 3.95. The highest BCUT2D eigenvalue weighted by molar-refractivity contribution is 7.89. The van der Waals surface area contributed by atoms with Gasteiger partial charge >= 0.3 is 5.97 Å². The third-order valence-corrected chi connectivity index (χ3v) is 5.78. The van der Waals surface area contributed by atoms with Crippen LogP contribution in [0.5, 0.6) is 0 Å². The van der Waals surface area contributed by atoms with Crippen molar-refractivity contribution in [3.05, 3.63) is 59.2 Å². The first-order chi connectivity index (χ1) is 12.6. The molecule has 0 radical (unpaired) electrons. The van der Waals surface area contributed by atoms with Gasteiger partial charge in [0.25, 0.3) is 5.91 Å². The van der Waals surface area contributed by atoms with Gasteiger partial charge in [-0.3, -0.25) is 4.79 Å². The molecule has 0 aliphatic carbocycles. The smallest absolute Gasteiger partial charge is 0.338 e. The molecule has 0 spiro atoms. The Labute approximate surface area is 159 Å². The number of ether oxygens (including phenoxy) is 1. The van der Waals surface area contributed by atoms with E-state index in [0.717, 1.165) is 15.4 Å². The number of nitrogens with one attached hydrogen (secondary N) is 1. The first kappa shape index (κ1) is 20.6. The number of nitrogens with zero attached hydrogens (tertiary/aromatic N) is 1. The van der Waals surface area contributed by atoms with E-state index < -0.39 is 28.5 Å². The fraction of sp³-hybridized carbons (Fsp3) is 0.263. The van der Waals surface area contributed by atoms with E-state index in [4.69, 9.17) is 4.74 Å². The molecule has 1 amide bonds. The first-order valence-corrected chi connectivity index (χ1v) is 9.62. The van der Waals surface area contributed by atoms with Crippen molar-refractivity contribution >= 4 is 27.6 Å². The van der Waals surface area contributed by atoms with Gasteiger partial charge < -0.3 is 10.1 Å². The van der Waals surface area contributed by atoms with Gasteiger partial charge in [-0.2, -0.15) is 0 Å². The number of carbonyl (C=O) groups is 2. The lowest BCUT2D eigenvalue weighted by Gasteiger charge is -2.12. The highest BCUT2D eigenvalue weighted by Crippen LogP contribution is 2.19. The molecular weight excluding hydrogens is 368 g/mol. The molecule has 7 nitrogen and oxygen atoms in total. The molecule has 1 N–H and O–H groups in total. The number of carbonyl (C=O) groups excluding carboxylic acids is 2. The number of hydrogen-bond donors (Lipinski definition) is 1. The highest BCUT2D eigenvalue weighted by atomic mass is 32.2. The van der Waals surface area contributed by atoms with Gasteiger partial charge in [-0.15, -0.1) is 0 Å². The molecule has 0 atom stereocenters. The molecule has 0 unspecified atom stereocenters. The Hall–Kier alpha value is -2.71. The van der Waals surface area contributed by atoms with Gasteiger partial charge in [0.2, 0.25) is 10.0 Å². The number of anilines is 1. The maximum Gasteiger partial charge on any atom is 0.338 e. The predicted octanol–water partition coefficient (Wildman–Crippen LogP) is 2.35. The number of amides is 1. The van der Waals surface area contributed by atoms with Gasteiger partial charge in [-0.1, -0.05) is 18.2 Å². The summed E-state index contributed by atoms with van der Waals surface area (Å²) in [5, 5.41) is 2.73. The minimum atomic E-state index is -3.57. The van der Waals surface area contributed by atoms with E-state index in [-0.39, 0.29) is 10.5 Å². The average molecular weight is 390 g/mol. The van der Waals surface area contributed by atoms with E-state index in [0.29, 0.717) is 5.69 Å². The Balaban J connectivity index is 1.98. The number of rotatable bonds is 6. The quantitative estimate of drug-likeness (QED) is 0.765. The maximum absolute atomic E-state index is 12.1. The largest absolute Gasteiger partial charge is 0.452 e. The van der Waals surface area contributed by atoms with Crippen molar-refractivity contribution in [1.29, 1.82) is 0 Å². The molecule has 8 heteroatoms. The van der Waals surface area contributed by atoms with E-state index in [1.54, 1.807) is 0 Å². The molecule has 27 heavy (non-hydrogen) atoms. The van der Waals surface area contributed by atoms with Gasteiger partial charge in [0, 0.05) is 19.8 Å². The van der Waals surface area contributed by atoms with Crippen LogP contribution in [-0.2, 0) is 19.6 Å². The molecule has 0 aliphatic heterocycles. The number of aryl methyl sites for hydroxylation is 2. The Morgan fingerprint density at radius 1 is 1.00 bits per heavy atom. The zero-order valence-corrected chi connectivity index (χ0v) is 16.5. The van der Waals surface area contributed by atoms with E-state index in [9.17, 15) is 18.0 Å². The summed E-state index contributed by atoms with van der Waals surface area (Å²) in [4.78, 5) is 24.2. The second-order valence-corrected chi connectivity index (χ2v) is 8.35. The van der Waals surface area contributed by atoms with Crippen molar-refractivity contribution in [2.45, 2.75) is 18.7 Å². The molecule has 0 saturated heterocycles. The molecular formula is C19H22N2O5S. The van der Waals surface area contributed by atoms with Crippen LogP contribution in [0.1, 0.15) is 21.5 Å². The molecule has 0 saturated carbocycles. The summed E-state index contributed by atoms with van der Waals surface area (Å²) in [7, 11) is -0.725. The lowest BCUT2D eigenvalue weighted by molar-refractivity contribution is -0.119. The fourth-order valence-corrected chi connectivity index (χ4v) is 3.28. The molecule has 2 aromatic carbocycles. The number of hydrogen-bond acceptors (Lipinski definition) is 5. The molecule has 0 bridgehead atoms. The SMILES string of the molecule is Cc1cccc(C)c1NC(=O)COC(=O)c1ccc(S(=O)(=O)N(C)C)cc1. The van der Waals surface area contributed by atoms with Crippen LogP contribution in [0.2, 0.25) is 0 Å². The maximum atomic E-state index is 12.1. The summed E-state index contributed by atoms with van der Waals surface area (Å²) < 4.78 is 30.1. The average Bonchev–Trinajstić information content (AvgIpc) is 2.63. The normalized spacial score (nSPS) is 11.3. The molecule has 144 valence electrons. The van der Waals surface area contributed by atoms with Gasteiger partial charge in [-0.05, 0) is 49.2 Å². The Bertz CT molecular complexity index is 930. The summed E-state index contributed by atoms with van der Waals surface area (Å²) in [6.07, 6.45) is 0. The summed E-state index contributed by atoms with van der Waals surface area (Å²) >= 11 is 0. The van der Waals surface area contributed by atoms with E-state index >= 15 is 0 Å². The molecule has 0 fully saturated rings. The lowest BCUT2D eigenvalue weighted by Crippen LogP contribution is -2.23. The minimum Gasteiger partial charge on any atom is -0.452 e. The molecule has 0 aliphatic rings. The van der Waals surface area contributed by atoms with Crippen LogP contribution >= 0.6 is 0 Å². The van der Waals surface area contributed by atoms with E-state index in [1.807, 2.05) is 32.0 Å². The molecule has 2 aromatic rings. The number of benzene rings is 2. The second-order valence-electron chi connectivity index (χ2n) is 6.20. The predicted molar refractivity (Wildman–Crippen MR) is 102 cm³/mol. The van der Waals surface area contributed by atoms with Crippen molar-refractivity contribution in [3.63, 3.8) is 0 Å². The number of esters is 1.